The van der Waals surface area contributed by atoms with Gasteiger partial charge in [0, 0.05) is 11.4 Å². The van der Waals surface area contributed by atoms with Gasteiger partial charge in [-0.15, -0.1) is 12.3 Å². The third-order valence-corrected chi connectivity index (χ3v) is 2.47. The van der Waals surface area contributed by atoms with Crippen molar-refractivity contribution >= 4 is 11.6 Å². The Hall–Kier alpha value is -1.21. The highest BCUT2D eigenvalue weighted by molar-refractivity contribution is 6.30. The van der Waals surface area contributed by atoms with Crippen molar-refractivity contribution in [3.8, 4) is 18.1 Å². The molecular weight excluding hydrogens is 224 g/mol. The Labute approximate surface area is 101 Å². The third kappa shape index (κ3) is 3.74. The maximum Gasteiger partial charge on any atom is 0.121 e. The van der Waals surface area contributed by atoms with Crippen LogP contribution in [0.2, 0.25) is 5.02 Å². The van der Waals surface area contributed by atoms with E-state index in [1.54, 1.807) is 12.1 Å². The molecule has 16 heavy (non-hydrogen) atoms. The zero-order valence-electron chi connectivity index (χ0n) is 9.11. The summed E-state index contributed by atoms with van der Waals surface area (Å²) in [6.45, 7) is 1.91. The van der Waals surface area contributed by atoms with Gasteiger partial charge in [0.25, 0.3) is 0 Å². The van der Waals surface area contributed by atoms with Crippen LogP contribution < -0.4 is 16.0 Å². The Morgan fingerprint density at radius 3 is 2.94 bits per heavy atom. The van der Waals surface area contributed by atoms with E-state index in [0.717, 1.165) is 0 Å². The van der Waals surface area contributed by atoms with Crippen LogP contribution >= 0.6 is 11.6 Å². The van der Waals surface area contributed by atoms with Crippen molar-refractivity contribution < 1.29 is 4.74 Å². The molecule has 0 amide bonds. The summed E-state index contributed by atoms with van der Waals surface area (Å²) in [7, 11) is 0. The predicted molar refractivity (Wildman–Crippen MR) is 66.1 cm³/mol. The van der Waals surface area contributed by atoms with Gasteiger partial charge in [-0.25, -0.2) is 0 Å². The van der Waals surface area contributed by atoms with Crippen molar-refractivity contribution in [3.63, 3.8) is 0 Å². The maximum atomic E-state index is 5.85. The van der Waals surface area contributed by atoms with E-state index in [9.17, 15) is 0 Å². The molecule has 4 heteroatoms. The van der Waals surface area contributed by atoms with Gasteiger partial charge in [-0.3, -0.25) is 11.3 Å². The second-order valence-corrected chi connectivity index (χ2v) is 3.90. The fraction of sp³-hybridized carbons (Fsp3) is 0.333. The van der Waals surface area contributed by atoms with Crippen LogP contribution in [0.25, 0.3) is 0 Å². The highest BCUT2D eigenvalue weighted by Gasteiger charge is 2.16. The molecular formula is C12H15ClN2O. The number of nitrogens with one attached hydrogen (secondary N) is 1. The van der Waals surface area contributed by atoms with Gasteiger partial charge in [0.15, 0.2) is 0 Å². The SMILES string of the molecule is C#CCC(NN)C(C)Oc1cccc(Cl)c1. The van der Waals surface area contributed by atoms with Crippen LogP contribution in [0.3, 0.4) is 0 Å². The Morgan fingerprint density at radius 1 is 1.62 bits per heavy atom. The summed E-state index contributed by atoms with van der Waals surface area (Å²) in [4.78, 5) is 0. The molecule has 0 fully saturated rings. The molecule has 2 unspecified atom stereocenters. The van der Waals surface area contributed by atoms with E-state index in [-0.39, 0.29) is 12.1 Å². The highest BCUT2D eigenvalue weighted by Crippen LogP contribution is 2.19. The molecule has 0 saturated heterocycles. The van der Waals surface area contributed by atoms with Gasteiger partial charge in [0.2, 0.25) is 0 Å². The summed E-state index contributed by atoms with van der Waals surface area (Å²) >= 11 is 5.85. The molecule has 0 radical (unpaired) electrons. The molecule has 3 N–H and O–H groups in total. The first-order chi connectivity index (χ1) is 7.67. The first-order valence-corrected chi connectivity index (χ1v) is 5.37. The predicted octanol–water partition coefficient (Wildman–Crippen LogP) is 1.96. The molecule has 1 aromatic carbocycles. The summed E-state index contributed by atoms with van der Waals surface area (Å²) in [6, 6.07) is 7.13. The van der Waals surface area contributed by atoms with E-state index in [1.165, 1.54) is 0 Å². The Balaban J connectivity index is 2.63. The van der Waals surface area contributed by atoms with E-state index >= 15 is 0 Å². The fourth-order valence-electron chi connectivity index (χ4n) is 1.32. The molecule has 0 aromatic heterocycles. The number of halogens is 1. The minimum Gasteiger partial charge on any atom is -0.489 e. The quantitative estimate of drug-likeness (QED) is 0.468. The van der Waals surface area contributed by atoms with Crippen molar-refractivity contribution in [2.24, 2.45) is 5.84 Å². The van der Waals surface area contributed by atoms with E-state index in [2.05, 4.69) is 11.3 Å². The van der Waals surface area contributed by atoms with Gasteiger partial charge >= 0.3 is 0 Å². The van der Waals surface area contributed by atoms with Crippen molar-refractivity contribution in [1.29, 1.82) is 0 Å². The molecule has 1 aromatic rings. The summed E-state index contributed by atoms with van der Waals surface area (Å²) in [5.41, 5.74) is 2.64. The standard InChI is InChI=1S/C12H15ClN2O/c1-3-5-12(15-14)9(2)16-11-7-4-6-10(13)8-11/h1,4,6-9,12,15H,5,14H2,2H3. The van der Waals surface area contributed by atoms with Gasteiger partial charge in [-0.2, -0.15) is 0 Å². The third-order valence-electron chi connectivity index (χ3n) is 2.24. The molecule has 0 aliphatic heterocycles. The topological polar surface area (TPSA) is 47.3 Å². The molecule has 1 rings (SSSR count). The van der Waals surface area contributed by atoms with Crippen molar-refractivity contribution in [1.82, 2.24) is 5.43 Å². The van der Waals surface area contributed by atoms with Crippen molar-refractivity contribution in [2.75, 3.05) is 0 Å². The highest BCUT2D eigenvalue weighted by atomic mass is 35.5. The maximum absolute atomic E-state index is 5.85. The summed E-state index contributed by atoms with van der Waals surface area (Å²) in [5.74, 6) is 8.65. The van der Waals surface area contributed by atoms with Crippen LogP contribution in [0.1, 0.15) is 13.3 Å². The number of terminal acetylenes is 1. The molecule has 0 bridgehead atoms. The lowest BCUT2D eigenvalue weighted by Crippen LogP contribution is -2.44. The summed E-state index contributed by atoms with van der Waals surface area (Å²) in [5, 5.41) is 0.638. The van der Waals surface area contributed by atoms with E-state index in [1.807, 2.05) is 19.1 Å². The normalized spacial score (nSPS) is 13.9. The van der Waals surface area contributed by atoms with E-state index < -0.39 is 0 Å². The number of rotatable bonds is 5. The number of nitrogens with two attached hydrogens (primary N) is 1. The number of hydrogen-bond acceptors (Lipinski definition) is 3. The Morgan fingerprint density at radius 2 is 2.38 bits per heavy atom. The van der Waals surface area contributed by atoms with E-state index in [0.29, 0.717) is 17.2 Å². The second kappa shape index (κ2) is 6.39. The zero-order chi connectivity index (χ0) is 12.0. The second-order valence-electron chi connectivity index (χ2n) is 3.46. The summed E-state index contributed by atoms with van der Waals surface area (Å²) < 4.78 is 5.68. The van der Waals surface area contributed by atoms with Crippen molar-refractivity contribution in [3.05, 3.63) is 29.3 Å². The minimum atomic E-state index is -0.125. The smallest absolute Gasteiger partial charge is 0.121 e. The van der Waals surface area contributed by atoms with Gasteiger partial charge in [0.1, 0.15) is 11.9 Å². The average Bonchev–Trinajstić information content (AvgIpc) is 2.25. The van der Waals surface area contributed by atoms with Gasteiger partial charge in [-0.1, -0.05) is 17.7 Å². The molecule has 2 atom stereocenters. The Bertz CT molecular complexity index is 376. The van der Waals surface area contributed by atoms with Crippen LogP contribution in [0.5, 0.6) is 5.75 Å². The monoisotopic (exact) mass is 238 g/mol. The summed E-state index contributed by atoms with van der Waals surface area (Å²) in [6.07, 6.45) is 5.62. The minimum absolute atomic E-state index is 0.0796. The number of ether oxygens (including phenoxy) is 1. The van der Waals surface area contributed by atoms with Crippen molar-refractivity contribution in [2.45, 2.75) is 25.5 Å². The molecule has 0 aliphatic rings. The zero-order valence-corrected chi connectivity index (χ0v) is 9.87. The van der Waals surface area contributed by atoms with Gasteiger partial charge < -0.3 is 4.74 Å². The largest absolute Gasteiger partial charge is 0.489 e. The van der Waals surface area contributed by atoms with Gasteiger partial charge in [-0.05, 0) is 25.1 Å². The molecule has 86 valence electrons. The molecule has 0 heterocycles. The van der Waals surface area contributed by atoms with Crippen LogP contribution in [-0.2, 0) is 0 Å². The number of hydrazine groups is 1. The molecule has 0 spiro atoms. The van der Waals surface area contributed by atoms with E-state index in [4.69, 9.17) is 28.6 Å². The lowest BCUT2D eigenvalue weighted by Gasteiger charge is -2.22. The lowest BCUT2D eigenvalue weighted by atomic mass is 10.1. The first kappa shape index (κ1) is 12.9. The molecule has 0 aliphatic carbocycles. The average molecular weight is 239 g/mol. The number of benzene rings is 1. The van der Waals surface area contributed by atoms with Crippen LogP contribution in [0, 0.1) is 12.3 Å². The van der Waals surface area contributed by atoms with Crippen LogP contribution in [0.4, 0.5) is 0 Å². The molecule has 0 saturated carbocycles. The van der Waals surface area contributed by atoms with Crippen LogP contribution in [-0.4, -0.2) is 12.1 Å². The first-order valence-electron chi connectivity index (χ1n) is 4.99. The fourth-order valence-corrected chi connectivity index (χ4v) is 1.50. The van der Waals surface area contributed by atoms with Gasteiger partial charge in [0.05, 0.1) is 6.04 Å². The Kier molecular flexibility index (Phi) is 5.13. The number of hydrogen-bond donors (Lipinski definition) is 2. The lowest BCUT2D eigenvalue weighted by molar-refractivity contribution is 0.172. The molecule has 3 nitrogen and oxygen atoms in total. The van der Waals surface area contributed by atoms with Crippen LogP contribution in [0.15, 0.2) is 24.3 Å².